The zero-order chi connectivity index (χ0) is 11.8. The second-order valence-electron chi connectivity index (χ2n) is 4.41. The van der Waals surface area contributed by atoms with Gasteiger partial charge in [-0.15, -0.1) is 0 Å². The topological polar surface area (TPSA) is 49.3 Å². The van der Waals surface area contributed by atoms with Gasteiger partial charge in [0.05, 0.1) is 0 Å². The van der Waals surface area contributed by atoms with Crippen LogP contribution in [0.4, 0.5) is 0 Å². The van der Waals surface area contributed by atoms with Crippen molar-refractivity contribution in [1.82, 2.24) is 5.32 Å². The minimum atomic E-state index is -0.708. The molecule has 0 aliphatic heterocycles. The molecule has 0 bridgehead atoms. The first kappa shape index (κ1) is 13.8. The first-order valence-corrected chi connectivity index (χ1v) is 7.36. The van der Waals surface area contributed by atoms with Gasteiger partial charge in [-0.25, -0.2) is 0 Å². The molecule has 4 heteroatoms. The standard InChI is InChI=1S/C12H23NO2S/c1-2-8-13-11(12(14)15)7-9-16-10-5-3-4-6-10/h10-11,13H,2-9H2,1H3,(H,14,15). The number of nitrogens with one attached hydrogen (secondary N) is 1. The van der Waals surface area contributed by atoms with Crippen LogP contribution in [0.2, 0.25) is 0 Å². The molecular formula is C12H23NO2S. The molecule has 0 aromatic carbocycles. The van der Waals surface area contributed by atoms with Crippen molar-refractivity contribution in [3.63, 3.8) is 0 Å². The molecule has 2 N–H and O–H groups in total. The van der Waals surface area contributed by atoms with Crippen LogP contribution in [-0.4, -0.2) is 34.7 Å². The Bertz CT molecular complexity index is 205. The van der Waals surface area contributed by atoms with Gasteiger partial charge < -0.3 is 10.4 Å². The van der Waals surface area contributed by atoms with Crippen molar-refractivity contribution in [2.24, 2.45) is 0 Å². The molecule has 3 nitrogen and oxygen atoms in total. The van der Waals surface area contributed by atoms with Crippen LogP contribution in [0.3, 0.4) is 0 Å². The van der Waals surface area contributed by atoms with Crippen LogP contribution in [-0.2, 0) is 4.79 Å². The van der Waals surface area contributed by atoms with Crippen molar-refractivity contribution in [2.75, 3.05) is 12.3 Å². The summed E-state index contributed by atoms with van der Waals surface area (Å²) < 4.78 is 0. The Hall–Kier alpha value is -0.220. The summed E-state index contributed by atoms with van der Waals surface area (Å²) in [6.45, 7) is 2.85. The number of hydrogen-bond donors (Lipinski definition) is 2. The Kier molecular flexibility index (Phi) is 6.88. The normalized spacial score (nSPS) is 18.8. The molecule has 1 aliphatic rings. The Balaban J connectivity index is 2.13. The molecule has 1 saturated carbocycles. The molecule has 16 heavy (non-hydrogen) atoms. The highest BCUT2D eigenvalue weighted by Gasteiger charge is 2.19. The SMILES string of the molecule is CCCNC(CCSC1CCCC1)C(=O)O. The Morgan fingerprint density at radius 3 is 2.75 bits per heavy atom. The average molecular weight is 245 g/mol. The van der Waals surface area contributed by atoms with E-state index in [1.165, 1.54) is 25.7 Å². The quantitative estimate of drug-likeness (QED) is 0.690. The van der Waals surface area contributed by atoms with E-state index in [1.54, 1.807) is 0 Å². The van der Waals surface area contributed by atoms with Gasteiger partial charge in [-0.3, -0.25) is 4.79 Å². The van der Waals surface area contributed by atoms with Gasteiger partial charge >= 0.3 is 5.97 Å². The molecule has 0 heterocycles. The summed E-state index contributed by atoms with van der Waals surface area (Å²) in [6.07, 6.45) is 7.09. The molecule has 0 aromatic heterocycles. The molecule has 0 radical (unpaired) electrons. The van der Waals surface area contributed by atoms with Crippen molar-refractivity contribution in [1.29, 1.82) is 0 Å². The first-order chi connectivity index (χ1) is 7.74. The van der Waals surface area contributed by atoms with Gasteiger partial charge in [0.1, 0.15) is 6.04 Å². The summed E-state index contributed by atoms with van der Waals surface area (Å²) in [5, 5.41) is 12.9. The van der Waals surface area contributed by atoms with E-state index in [0.29, 0.717) is 0 Å². The Morgan fingerprint density at radius 2 is 2.19 bits per heavy atom. The van der Waals surface area contributed by atoms with Crippen molar-refractivity contribution in [3.8, 4) is 0 Å². The lowest BCUT2D eigenvalue weighted by Crippen LogP contribution is -2.37. The van der Waals surface area contributed by atoms with Gasteiger partial charge in [0.2, 0.25) is 0 Å². The number of aliphatic carboxylic acids is 1. The van der Waals surface area contributed by atoms with Gasteiger partial charge in [-0.2, -0.15) is 11.8 Å². The minimum absolute atomic E-state index is 0.353. The molecule has 0 spiro atoms. The predicted octanol–water partition coefficient (Wildman–Crippen LogP) is 2.51. The van der Waals surface area contributed by atoms with Crippen LogP contribution in [0.1, 0.15) is 45.4 Å². The molecule has 1 atom stereocenters. The highest BCUT2D eigenvalue weighted by molar-refractivity contribution is 7.99. The fraction of sp³-hybridized carbons (Fsp3) is 0.917. The molecule has 1 fully saturated rings. The van der Waals surface area contributed by atoms with Gasteiger partial charge in [0, 0.05) is 5.25 Å². The third-order valence-electron chi connectivity index (χ3n) is 3.00. The van der Waals surface area contributed by atoms with Crippen molar-refractivity contribution < 1.29 is 9.90 Å². The van der Waals surface area contributed by atoms with Crippen molar-refractivity contribution >= 4 is 17.7 Å². The second kappa shape index (κ2) is 7.96. The zero-order valence-corrected chi connectivity index (χ0v) is 10.9. The molecule has 1 aliphatic carbocycles. The van der Waals surface area contributed by atoms with Crippen LogP contribution in [0.25, 0.3) is 0 Å². The van der Waals surface area contributed by atoms with Crippen LogP contribution in [0.5, 0.6) is 0 Å². The number of hydrogen-bond acceptors (Lipinski definition) is 3. The molecule has 1 rings (SSSR count). The number of rotatable bonds is 8. The lowest BCUT2D eigenvalue weighted by molar-refractivity contribution is -0.139. The van der Waals surface area contributed by atoms with Crippen LogP contribution < -0.4 is 5.32 Å². The lowest BCUT2D eigenvalue weighted by Gasteiger charge is -2.15. The summed E-state index contributed by atoms with van der Waals surface area (Å²) in [6, 6.07) is -0.353. The minimum Gasteiger partial charge on any atom is -0.480 e. The Morgan fingerprint density at radius 1 is 1.50 bits per heavy atom. The maximum absolute atomic E-state index is 11.0. The lowest BCUT2D eigenvalue weighted by atomic mass is 10.2. The van der Waals surface area contributed by atoms with Crippen LogP contribution in [0, 0.1) is 0 Å². The van der Waals surface area contributed by atoms with E-state index in [1.807, 2.05) is 11.8 Å². The molecule has 0 saturated heterocycles. The van der Waals surface area contributed by atoms with Gasteiger partial charge in [-0.1, -0.05) is 19.8 Å². The summed E-state index contributed by atoms with van der Waals surface area (Å²) in [4.78, 5) is 11.0. The number of thioether (sulfide) groups is 1. The second-order valence-corrected chi connectivity index (χ2v) is 5.82. The van der Waals surface area contributed by atoms with Crippen molar-refractivity contribution in [2.45, 2.75) is 56.7 Å². The highest BCUT2D eigenvalue weighted by atomic mass is 32.2. The highest BCUT2D eigenvalue weighted by Crippen LogP contribution is 2.29. The number of carbonyl (C=O) groups is 1. The summed E-state index contributed by atoms with van der Waals surface area (Å²) >= 11 is 1.96. The van der Waals surface area contributed by atoms with Gasteiger partial charge in [0.15, 0.2) is 0 Å². The maximum atomic E-state index is 11.0. The largest absolute Gasteiger partial charge is 0.480 e. The third-order valence-corrected chi connectivity index (χ3v) is 4.42. The van der Waals surface area contributed by atoms with E-state index in [-0.39, 0.29) is 6.04 Å². The zero-order valence-electron chi connectivity index (χ0n) is 10.1. The van der Waals surface area contributed by atoms with Gasteiger partial charge in [-0.05, 0) is 38.0 Å². The van der Waals surface area contributed by atoms with E-state index in [9.17, 15) is 4.79 Å². The predicted molar refractivity (Wildman–Crippen MR) is 69.0 cm³/mol. The average Bonchev–Trinajstić information content (AvgIpc) is 2.75. The Labute approximate surface area is 102 Å². The van der Waals surface area contributed by atoms with Crippen molar-refractivity contribution in [3.05, 3.63) is 0 Å². The maximum Gasteiger partial charge on any atom is 0.320 e. The first-order valence-electron chi connectivity index (χ1n) is 6.31. The fourth-order valence-electron chi connectivity index (χ4n) is 2.04. The molecule has 0 aromatic rings. The van der Waals surface area contributed by atoms with Crippen LogP contribution in [0.15, 0.2) is 0 Å². The number of carboxylic acids is 1. The molecule has 94 valence electrons. The van der Waals surface area contributed by atoms with E-state index in [4.69, 9.17) is 5.11 Å². The molecule has 1 unspecified atom stereocenters. The molecular weight excluding hydrogens is 222 g/mol. The van der Waals surface area contributed by atoms with E-state index < -0.39 is 5.97 Å². The smallest absolute Gasteiger partial charge is 0.320 e. The molecule has 0 amide bonds. The number of carboxylic acid groups (broad SMARTS) is 1. The van der Waals surface area contributed by atoms with E-state index >= 15 is 0 Å². The summed E-state index contributed by atoms with van der Waals surface area (Å²) in [5.74, 6) is 0.263. The summed E-state index contributed by atoms with van der Waals surface area (Å²) in [5.41, 5.74) is 0. The monoisotopic (exact) mass is 245 g/mol. The third kappa shape index (κ3) is 5.21. The fourth-order valence-corrected chi connectivity index (χ4v) is 3.41. The van der Waals surface area contributed by atoms with E-state index in [2.05, 4.69) is 12.2 Å². The van der Waals surface area contributed by atoms with Crippen LogP contribution >= 0.6 is 11.8 Å². The van der Waals surface area contributed by atoms with Gasteiger partial charge in [0.25, 0.3) is 0 Å². The summed E-state index contributed by atoms with van der Waals surface area (Å²) in [7, 11) is 0. The van der Waals surface area contributed by atoms with E-state index in [0.717, 1.165) is 30.4 Å².